The topological polar surface area (TPSA) is 78.0 Å². The number of piperazine rings is 1. The zero-order valence-corrected chi connectivity index (χ0v) is 15.6. The van der Waals surface area contributed by atoms with Crippen molar-refractivity contribution in [3.63, 3.8) is 0 Å². The fraction of sp³-hybridized carbons (Fsp3) is 0.588. The monoisotopic (exact) mass is 381 g/mol. The second-order valence-electron chi connectivity index (χ2n) is 6.43. The van der Waals surface area contributed by atoms with Crippen LogP contribution >= 0.6 is 11.6 Å². The van der Waals surface area contributed by atoms with Crippen LogP contribution in [-0.2, 0) is 9.53 Å². The summed E-state index contributed by atoms with van der Waals surface area (Å²) in [6, 6.07) is 3.51. The molecule has 1 aromatic heterocycles. The zero-order chi connectivity index (χ0) is 18.5. The highest BCUT2D eigenvalue weighted by molar-refractivity contribution is 6.32. The second kappa shape index (κ2) is 8.55. The van der Waals surface area contributed by atoms with Gasteiger partial charge in [0.05, 0.1) is 17.7 Å². The first-order valence-corrected chi connectivity index (χ1v) is 9.17. The van der Waals surface area contributed by atoms with Crippen LogP contribution in [0.3, 0.4) is 0 Å². The fourth-order valence-electron chi connectivity index (χ4n) is 3.17. The Kier molecular flexibility index (Phi) is 6.16. The smallest absolute Gasteiger partial charge is 0.317 e. The Bertz CT molecular complexity index is 651. The number of hydrogen-bond donors (Lipinski definition) is 1. The van der Waals surface area contributed by atoms with Gasteiger partial charge in [0.1, 0.15) is 5.82 Å². The van der Waals surface area contributed by atoms with Crippen LogP contribution in [-0.4, -0.2) is 85.2 Å². The fourth-order valence-corrected chi connectivity index (χ4v) is 3.41. The third-order valence-corrected chi connectivity index (χ3v) is 4.97. The average molecular weight is 382 g/mol. The molecule has 0 unspecified atom stereocenters. The number of morpholine rings is 1. The van der Waals surface area contributed by atoms with E-state index >= 15 is 0 Å². The summed E-state index contributed by atoms with van der Waals surface area (Å²) in [6.45, 7) is 6.14. The number of halogens is 1. The number of carbonyl (C=O) groups is 2. The van der Waals surface area contributed by atoms with Crippen LogP contribution in [0.2, 0.25) is 5.02 Å². The lowest BCUT2D eigenvalue weighted by atomic mass is 10.2. The number of anilines is 1. The molecule has 0 saturated carbocycles. The molecule has 3 amide bonds. The SMILES string of the molecule is CC(=O)N1CCO[C@H](CNC(=O)N2CCN(c3ncccc3Cl)CC2)C1. The maximum Gasteiger partial charge on any atom is 0.317 e. The van der Waals surface area contributed by atoms with Gasteiger partial charge in [0, 0.05) is 58.9 Å². The van der Waals surface area contributed by atoms with Crippen LogP contribution in [0.1, 0.15) is 6.92 Å². The van der Waals surface area contributed by atoms with Crippen molar-refractivity contribution in [1.29, 1.82) is 0 Å². The van der Waals surface area contributed by atoms with Crippen molar-refractivity contribution >= 4 is 29.4 Å². The summed E-state index contributed by atoms with van der Waals surface area (Å²) < 4.78 is 5.63. The van der Waals surface area contributed by atoms with Gasteiger partial charge in [0.2, 0.25) is 5.91 Å². The van der Waals surface area contributed by atoms with Crippen LogP contribution in [0.5, 0.6) is 0 Å². The molecule has 3 heterocycles. The first-order chi connectivity index (χ1) is 12.5. The number of nitrogens with zero attached hydrogens (tertiary/aromatic N) is 4. The molecule has 1 aromatic rings. The molecule has 0 aromatic carbocycles. The normalized spacial score (nSPS) is 20.8. The Morgan fingerprint density at radius 2 is 2.04 bits per heavy atom. The van der Waals surface area contributed by atoms with Crippen LogP contribution < -0.4 is 10.2 Å². The molecule has 8 nitrogen and oxygen atoms in total. The van der Waals surface area contributed by atoms with Crippen LogP contribution in [0.25, 0.3) is 0 Å². The van der Waals surface area contributed by atoms with E-state index in [1.807, 2.05) is 6.07 Å². The lowest BCUT2D eigenvalue weighted by molar-refractivity contribution is -0.136. The van der Waals surface area contributed by atoms with Gasteiger partial charge in [-0.05, 0) is 12.1 Å². The standard InChI is InChI=1S/C17H24ClN5O3/c1-13(24)23-9-10-26-14(12-23)11-20-17(25)22-7-5-21(6-8-22)16-15(18)3-2-4-19-16/h2-4,14H,5-12H2,1H3,(H,20,25)/t14-/m1/s1. The van der Waals surface area contributed by atoms with Crippen molar-refractivity contribution in [2.45, 2.75) is 13.0 Å². The summed E-state index contributed by atoms with van der Waals surface area (Å²) in [7, 11) is 0. The molecule has 2 aliphatic heterocycles. The van der Waals surface area contributed by atoms with E-state index in [9.17, 15) is 9.59 Å². The van der Waals surface area contributed by atoms with E-state index in [4.69, 9.17) is 16.3 Å². The summed E-state index contributed by atoms with van der Waals surface area (Å²) >= 11 is 6.19. The highest BCUT2D eigenvalue weighted by atomic mass is 35.5. The number of urea groups is 1. The number of rotatable bonds is 3. The minimum atomic E-state index is -0.162. The Morgan fingerprint density at radius 3 is 2.73 bits per heavy atom. The number of hydrogen-bond acceptors (Lipinski definition) is 5. The van der Waals surface area contributed by atoms with E-state index in [1.165, 1.54) is 0 Å². The van der Waals surface area contributed by atoms with Gasteiger partial charge in [-0.1, -0.05) is 11.6 Å². The van der Waals surface area contributed by atoms with E-state index < -0.39 is 0 Å². The first-order valence-electron chi connectivity index (χ1n) is 8.80. The second-order valence-corrected chi connectivity index (χ2v) is 6.83. The maximum absolute atomic E-state index is 12.4. The van der Waals surface area contributed by atoms with Gasteiger partial charge >= 0.3 is 6.03 Å². The van der Waals surface area contributed by atoms with E-state index in [1.54, 1.807) is 29.0 Å². The molecule has 0 bridgehead atoms. The van der Waals surface area contributed by atoms with Crippen molar-refractivity contribution < 1.29 is 14.3 Å². The number of aromatic nitrogens is 1. The van der Waals surface area contributed by atoms with Gasteiger partial charge in [0.25, 0.3) is 0 Å². The van der Waals surface area contributed by atoms with Crippen LogP contribution in [0, 0.1) is 0 Å². The van der Waals surface area contributed by atoms with Crippen molar-refractivity contribution in [2.24, 2.45) is 0 Å². The first kappa shape index (κ1) is 18.7. The predicted octanol–water partition coefficient (Wildman–Crippen LogP) is 0.814. The number of ether oxygens (including phenoxy) is 1. The van der Waals surface area contributed by atoms with Gasteiger partial charge in [-0.25, -0.2) is 9.78 Å². The van der Waals surface area contributed by atoms with Crippen molar-refractivity contribution in [2.75, 3.05) is 57.3 Å². The lowest BCUT2D eigenvalue weighted by Crippen LogP contribution is -2.54. The molecule has 0 radical (unpaired) electrons. The quantitative estimate of drug-likeness (QED) is 0.838. The molecule has 2 aliphatic rings. The molecular formula is C17H24ClN5O3. The van der Waals surface area contributed by atoms with Gasteiger partial charge in [-0.2, -0.15) is 0 Å². The number of nitrogens with one attached hydrogen (secondary N) is 1. The predicted molar refractivity (Wildman–Crippen MR) is 98.4 cm³/mol. The average Bonchev–Trinajstić information content (AvgIpc) is 2.67. The maximum atomic E-state index is 12.4. The lowest BCUT2D eigenvalue weighted by Gasteiger charge is -2.36. The third kappa shape index (κ3) is 4.56. The highest BCUT2D eigenvalue weighted by Gasteiger charge is 2.25. The molecule has 3 rings (SSSR count). The largest absolute Gasteiger partial charge is 0.373 e. The molecule has 2 saturated heterocycles. The van der Waals surface area contributed by atoms with Gasteiger partial charge < -0.3 is 24.8 Å². The molecule has 1 atom stereocenters. The van der Waals surface area contributed by atoms with Crippen molar-refractivity contribution in [3.05, 3.63) is 23.4 Å². The summed E-state index contributed by atoms with van der Waals surface area (Å²) in [5.41, 5.74) is 0. The van der Waals surface area contributed by atoms with Crippen LogP contribution in [0.15, 0.2) is 18.3 Å². The highest BCUT2D eigenvalue weighted by Crippen LogP contribution is 2.23. The van der Waals surface area contributed by atoms with E-state index in [2.05, 4.69) is 15.2 Å². The molecule has 0 spiro atoms. The molecule has 9 heteroatoms. The minimum absolute atomic E-state index is 0.0360. The summed E-state index contributed by atoms with van der Waals surface area (Å²) in [4.78, 5) is 33.8. The van der Waals surface area contributed by atoms with Gasteiger partial charge in [-0.3, -0.25) is 4.79 Å². The molecular weight excluding hydrogens is 358 g/mol. The molecule has 142 valence electrons. The van der Waals surface area contributed by atoms with Crippen molar-refractivity contribution in [1.82, 2.24) is 20.1 Å². The van der Waals surface area contributed by atoms with E-state index in [0.717, 1.165) is 5.82 Å². The summed E-state index contributed by atoms with van der Waals surface area (Å²) in [5.74, 6) is 0.795. The van der Waals surface area contributed by atoms with Crippen molar-refractivity contribution in [3.8, 4) is 0 Å². The summed E-state index contributed by atoms with van der Waals surface area (Å²) in [5, 5.41) is 3.53. The Morgan fingerprint density at radius 1 is 1.27 bits per heavy atom. The molecule has 0 aliphatic carbocycles. The molecule has 2 fully saturated rings. The number of amides is 3. The van der Waals surface area contributed by atoms with Crippen LogP contribution in [0.4, 0.5) is 10.6 Å². The summed E-state index contributed by atoms with van der Waals surface area (Å²) in [6.07, 6.45) is 1.56. The molecule has 26 heavy (non-hydrogen) atoms. The molecule has 1 N–H and O–H groups in total. The van der Waals surface area contributed by atoms with Gasteiger partial charge in [0.15, 0.2) is 0 Å². The van der Waals surface area contributed by atoms with Gasteiger partial charge in [-0.15, -0.1) is 0 Å². The van der Waals surface area contributed by atoms with E-state index in [-0.39, 0.29) is 18.0 Å². The Balaban J connectivity index is 1.44. The number of carbonyl (C=O) groups excluding carboxylic acids is 2. The Labute approximate surface area is 158 Å². The zero-order valence-electron chi connectivity index (χ0n) is 14.9. The third-order valence-electron chi connectivity index (χ3n) is 4.67. The minimum Gasteiger partial charge on any atom is -0.373 e. The number of pyridine rings is 1. The Hall–Kier alpha value is -2.06. The van der Waals surface area contributed by atoms with E-state index in [0.29, 0.717) is 57.4 Å².